The van der Waals surface area contributed by atoms with Crippen molar-refractivity contribution in [3.63, 3.8) is 0 Å². The first-order valence-electron chi connectivity index (χ1n) is 10.1. The lowest BCUT2D eigenvalue weighted by Gasteiger charge is -2.29. The molecule has 0 atom stereocenters. The van der Waals surface area contributed by atoms with Crippen molar-refractivity contribution in [3.05, 3.63) is 71.6 Å². The van der Waals surface area contributed by atoms with Crippen LogP contribution in [0.3, 0.4) is 0 Å². The Bertz CT molecular complexity index is 946. The first kappa shape index (κ1) is 19.3. The van der Waals surface area contributed by atoms with E-state index in [0.29, 0.717) is 24.8 Å². The summed E-state index contributed by atoms with van der Waals surface area (Å²) in [5, 5.41) is 7.15. The maximum Gasteiger partial charge on any atom is 0.234 e. The van der Waals surface area contributed by atoms with E-state index in [1.54, 1.807) is 0 Å². The number of carbonyl (C=O) groups excluding carboxylic acids is 1. The number of rotatable bonds is 6. The summed E-state index contributed by atoms with van der Waals surface area (Å²) in [6.07, 6.45) is 1.84. The lowest BCUT2D eigenvalue weighted by Crippen LogP contribution is -2.41. The Morgan fingerprint density at radius 1 is 1.14 bits per heavy atom. The molecule has 0 saturated carbocycles. The van der Waals surface area contributed by atoms with Crippen molar-refractivity contribution in [2.75, 3.05) is 19.6 Å². The first-order valence-corrected chi connectivity index (χ1v) is 10.1. The Labute approximate surface area is 170 Å². The molecule has 1 aliphatic rings. The van der Waals surface area contributed by atoms with Gasteiger partial charge in [0.05, 0.1) is 6.54 Å². The van der Waals surface area contributed by atoms with Crippen LogP contribution in [0.5, 0.6) is 0 Å². The third-order valence-electron chi connectivity index (χ3n) is 5.35. The molecular weight excluding hydrogens is 364 g/mol. The van der Waals surface area contributed by atoms with E-state index in [-0.39, 0.29) is 11.8 Å². The molecule has 1 amide bonds. The van der Waals surface area contributed by atoms with Gasteiger partial charge < -0.3 is 9.84 Å². The largest absolute Gasteiger partial charge is 0.351 e. The van der Waals surface area contributed by atoms with Crippen molar-refractivity contribution in [2.45, 2.75) is 32.2 Å². The van der Waals surface area contributed by atoms with E-state index < -0.39 is 0 Å². The highest BCUT2D eigenvalue weighted by Crippen LogP contribution is 2.28. The zero-order chi connectivity index (χ0) is 20.1. The molecule has 0 unspecified atom stereocenters. The number of benzene rings is 2. The predicted molar refractivity (Wildman–Crippen MR) is 111 cm³/mol. The SMILES string of the molecule is Cc1cccc(-c2noc(C3CCN(CC(=O)NCc4ccccc4)CC3)n2)c1. The molecule has 29 heavy (non-hydrogen) atoms. The first-order chi connectivity index (χ1) is 14.2. The summed E-state index contributed by atoms with van der Waals surface area (Å²) >= 11 is 0. The number of hydrogen-bond acceptors (Lipinski definition) is 5. The van der Waals surface area contributed by atoms with Gasteiger partial charge in [-0.3, -0.25) is 9.69 Å². The minimum absolute atomic E-state index is 0.0619. The highest BCUT2D eigenvalue weighted by molar-refractivity contribution is 5.78. The average Bonchev–Trinajstić information content (AvgIpc) is 3.24. The van der Waals surface area contributed by atoms with E-state index in [9.17, 15) is 4.79 Å². The summed E-state index contributed by atoms with van der Waals surface area (Å²) < 4.78 is 5.54. The second kappa shape index (κ2) is 9.01. The summed E-state index contributed by atoms with van der Waals surface area (Å²) in [7, 11) is 0. The Morgan fingerprint density at radius 2 is 1.93 bits per heavy atom. The molecule has 1 N–H and O–H groups in total. The standard InChI is InChI=1S/C23H26N4O2/c1-17-6-5-9-20(14-17)22-25-23(29-26-22)19-10-12-27(13-11-19)16-21(28)24-15-18-7-3-2-4-8-18/h2-9,14,19H,10-13,15-16H2,1H3,(H,24,28). The van der Waals surface area contributed by atoms with E-state index in [4.69, 9.17) is 4.52 Å². The average molecular weight is 390 g/mol. The molecule has 6 nitrogen and oxygen atoms in total. The highest BCUT2D eigenvalue weighted by Gasteiger charge is 2.26. The fraction of sp³-hybridized carbons (Fsp3) is 0.348. The monoisotopic (exact) mass is 390 g/mol. The van der Waals surface area contributed by atoms with Crippen molar-refractivity contribution in [1.29, 1.82) is 0 Å². The van der Waals surface area contributed by atoms with Crippen LogP contribution in [0.2, 0.25) is 0 Å². The maximum absolute atomic E-state index is 12.2. The van der Waals surface area contributed by atoms with Gasteiger partial charge in [-0.2, -0.15) is 4.98 Å². The zero-order valence-electron chi connectivity index (χ0n) is 16.7. The van der Waals surface area contributed by atoms with Crippen LogP contribution in [0.15, 0.2) is 59.1 Å². The predicted octanol–water partition coefficient (Wildman–Crippen LogP) is 3.54. The molecule has 1 saturated heterocycles. The second-order valence-electron chi connectivity index (χ2n) is 7.64. The molecule has 0 aliphatic carbocycles. The molecule has 1 aliphatic heterocycles. The summed E-state index contributed by atoms with van der Waals surface area (Å²) in [5.41, 5.74) is 3.26. The molecule has 4 rings (SSSR count). The van der Waals surface area contributed by atoms with E-state index in [1.165, 1.54) is 5.56 Å². The van der Waals surface area contributed by atoms with Gasteiger partial charge in [0.15, 0.2) is 0 Å². The van der Waals surface area contributed by atoms with Gasteiger partial charge in [0.25, 0.3) is 0 Å². The van der Waals surface area contributed by atoms with E-state index in [0.717, 1.165) is 37.1 Å². The quantitative estimate of drug-likeness (QED) is 0.697. The third kappa shape index (κ3) is 5.09. The number of carbonyl (C=O) groups is 1. The van der Waals surface area contributed by atoms with Crippen LogP contribution >= 0.6 is 0 Å². The number of hydrogen-bond donors (Lipinski definition) is 1. The van der Waals surface area contributed by atoms with Gasteiger partial charge in [-0.25, -0.2) is 0 Å². The molecule has 0 spiro atoms. The topological polar surface area (TPSA) is 71.3 Å². The number of nitrogens with one attached hydrogen (secondary N) is 1. The molecule has 2 heterocycles. The van der Waals surface area contributed by atoms with Crippen LogP contribution in [0.1, 0.15) is 35.8 Å². The van der Waals surface area contributed by atoms with E-state index in [1.807, 2.05) is 42.5 Å². The minimum atomic E-state index is 0.0619. The van der Waals surface area contributed by atoms with Crippen LogP contribution in [0.25, 0.3) is 11.4 Å². The van der Waals surface area contributed by atoms with Crippen molar-refractivity contribution in [2.24, 2.45) is 0 Å². The molecule has 2 aromatic carbocycles. The fourth-order valence-corrected chi connectivity index (χ4v) is 3.70. The second-order valence-corrected chi connectivity index (χ2v) is 7.64. The molecule has 6 heteroatoms. The number of nitrogens with zero attached hydrogens (tertiary/aromatic N) is 3. The summed E-state index contributed by atoms with van der Waals surface area (Å²) in [6.45, 7) is 4.76. The van der Waals surface area contributed by atoms with Gasteiger partial charge in [0, 0.05) is 18.0 Å². The van der Waals surface area contributed by atoms with E-state index >= 15 is 0 Å². The Hall–Kier alpha value is -2.99. The zero-order valence-corrected chi connectivity index (χ0v) is 16.7. The van der Waals surface area contributed by atoms with Crippen LogP contribution < -0.4 is 5.32 Å². The van der Waals surface area contributed by atoms with Crippen LogP contribution in [-0.2, 0) is 11.3 Å². The van der Waals surface area contributed by atoms with Crippen LogP contribution in [0.4, 0.5) is 0 Å². The summed E-state index contributed by atoms with van der Waals surface area (Å²) in [4.78, 5) is 19.0. The van der Waals surface area contributed by atoms with E-state index in [2.05, 4.69) is 39.4 Å². The highest BCUT2D eigenvalue weighted by atomic mass is 16.5. The normalized spacial score (nSPS) is 15.3. The molecule has 0 bridgehead atoms. The van der Waals surface area contributed by atoms with Crippen molar-refractivity contribution in [1.82, 2.24) is 20.4 Å². The Kier molecular flexibility index (Phi) is 6.00. The summed E-state index contributed by atoms with van der Waals surface area (Å²) in [5.74, 6) is 1.66. The van der Waals surface area contributed by atoms with Crippen LogP contribution in [0, 0.1) is 6.92 Å². The molecule has 3 aromatic rings. The lowest BCUT2D eigenvalue weighted by atomic mass is 9.97. The van der Waals surface area contributed by atoms with Gasteiger partial charge in [0.2, 0.25) is 17.6 Å². The van der Waals surface area contributed by atoms with Gasteiger partial charge in [-0.15, -0.1) is 0 Å². The number of aromatic nitrogens is 2. The van der Waals surface area contributed by atoms with Crippen LogP contribution in [-0.4, -0.2) is 40.6 Å². The smallest absolute Gasteiger partial charge is 0.234 e. The number of amides is 1. The lowest BCUT2D eigenvalue weighted by molar-refractivity contribution is -0.122. The summed E-state index contributed by atoms with van der Waals surface area (Å²) in [6, 6.07) is 18.1. The van der Waals surface area contributed by atoms with Gasteiger partial charge >= 0.3 is 0 Å². The maximum atomic E-state index is 12.2. The molecule has 1 aromatic heterocycles. The van der Waals surface area contributed by atoms with Gasteiger partial charge in [-0.1, -0.05) is 59.3 Å². The third-order valence-corrected chi connectivity index (χ3v) is 5.35. The number of aryl methyl sites for hydroxylation is 1. The molecule has 1 fully saturated rings. The Balaban J connectivity index is 1.26. The van der Waals surface area contributed by atoms with Gasteiger partial charge in [-0.05, 0) is 44.5 Å². The minimum Gasteiger partial charge on any atom is -0.351 e. The van der Waals surface area contributed by atoms with Crippen molar-refractivity contribution < 1.29 is 9.32 Å². The van der Waals surface area contributed by atoms with Gasteiger partial charge in [0.1, 0.15) is 0 Å². The Morgan fingerprint density at radius 3 is 2.69 bits per heavy atom. The molecule has 150 valence electrons. The molecular formula is C23H26N4O2. The van der Waals surface area contributed by atoms with Crippen molar-refractivity contribution in [3.8, 4) is 11.4 Å². The fourth-order valence-electron chi connectivity index (χ4n) is 3.70. The number of likely N-dealkylation sites (tertiary alicyclic amines) is 1. The van der Waals surface area contributed by atoms with Crippen molar-refractivity contribution >= 4 is 5.91 Å². The molecule has 0 radical (unpaired) electrons. The number of piperidine rings is 1.